The van der Waals surface area contributed by atoms with Crippen LogP contribution in [0.3, 0.4) is 0 Å². The molecule has 8 heterocycles. The summed E-state index contributed by atoms with van der Waals surface area (Å²) < 4.78 is 28.9. The summed E-state index contributed by atoms with van der Waals surface area (Å²) in [6.07, 6.45) is -20.1. The van der Waals surface area contributed by atoms with Gasteiger partial charge in [0.1, 0.15) is 94.4 Å². The van der Waals surface area contributed by atoms with E-state index in [0.717, 1.165) is 56.9 Å². The zero-order valence-electron chi connectivity index (χ0n) is 63.2. The van der Waals surface area contributed by atoms with Crippen LogP contribution in [0.1, 0.15) is 146 Å². The third-order valence-corrected chi connectivity index (χ3v) is 23.3. The number of aliphatic hydroxyl groups excluding tert-OH is 8. The first-order valence-electron chi connectivity index (χ1n) is 37.4. The molecule has 4 aliphatic rings. The highest BCUT2D eigenvalue weighted by Crippen LogP contribution is 2.37. The molecule has 0 aromatic carbocycles. The minimum atomic E-state index is -2.20. The number of Topliss-reactive ketones (excluding diaryl/α,β-unsaturated/α-hetero) is 1. The molecular formula is C69H105N19O23S3. The van der Waals surface area contributed by atoms with E-state index in [9.17, 15) is 79.2 Å². The summed E-state index contributed by atoms with van der Waals surface area (Å²) >= 11 is 4.37. The summed E-state index contributed by atoms with van der Waals surface area (Å²) in [6, 6.07) is -4.57. The summed E-state index contributed by atoms with van der Waals surface area (Å²) in [6.45, 7) is 5.63. The number of amides is 10. The van der Waals surface area contributed by atoms with Crippen molar-refractivity contribution in [1.82, 2.24) is 72.4 Å². The molecule has 4 aliphatic heterocycles. The average Bonchev–Trinajstić information content (AvgIpc) is 1.21. The molecular weight excluding hydrogens is 1560 g/mol. The summed E-state index contributed by atoms with van der Waals surface area (Å²) in [7, 11) is 0. The van der Waals surface area contributed by atoms with Crippen molar-refractivity contribution in [3.63, 3.8) is 0 Å². The number of rotatable bonds is 46. The maximum atomic E-state index is 15.3. The number of nitrogens with one attached hydrogen (secondary N) is 9. The standard InChI is InChI=1S/C69H105N19O23S3/c1-29(40(92)21-34(32(4)91)61(101)79-19-14-46-82-39(27-113-46)65-83-38(26-114-65)62(102)78-18-9-16-75-15-7-8-17-77-45(94)11-6-5-10-43-48-37(25-112-43)84-69(106)87-48)50(95)31(3)81-64(104)49(86-63(103)47-30(2)58(72)88-60(85-47)33(20-44(71)93)12-13-35(70)59(73)100)55(36-22-76-28-80-36)109-67-57(53(98)51(96)41(23-89)108-67)110-66-54(99)56(111-68(74)105)52(97)42(24-90)107-66/h22,26-29,31-35,37,41-43,48-57,66-67,75,89-91,95-99H,5-21,23-25,70H2,1-4H3,(H2,71,93)(H2,73,100)(H2,74,105)(H,76,80)(H,77,94)(H,78,102)(H,79,101)(H,81,104)(H,86,103)(H2,72,85,88)(H2,84,87,106)/t29-,31-,32-,33+,34+,35+,37+,41?,42?,43+,48+,49+,50+,51?,52?,53?,54?,55+,56?,57?,66?,67?/m1/s1. The molecule has 0 aliphatic carbocycles. The third-order valence-electron chi connectivity index (χ3n) is 20.0. The van der Waals surface area contributed by atoms with Crippen LogP contribution >= 0.6 is 34.4 Å². The van der Waals surface area contributed by atoms with Gasteiger partial charge in [-0.05, 0) is 78.8 Å². The van der Waals surface area contributed by atoms with Gasteiger partial charge in [-0.2, -0.15) is 11.8 Å². The summed E-state index contributed by atoms with van der Waals surface area (Å²) in [5, 5.41) is 116. The number of carbonyl (C=O) groups excluding carboxylic acids is 10. The van der Waals surface area contributed by atoms with Crippen LogP contribution in [0.5, 0.6) is 0 Å². The van der Waals surface area contributed by atoms with Crippen molar-refractivity contribution in [3.8, 4) is 10.7 Å². The monoisotopic (exact) mass is 1660 g/mol. The second kappa shape index (κ2) is 43.6. The van der Waals surface area contributed by atoms with Gasteiger partial charge >= 0.3 is 12.1 Å². The van der Waals surface area contributed by atoms with Crippen LogP contribution in [0.4, 0.5) is 15.4 Å². The van der Waals surface area contributed by atoms with E-state index in [1.165, 1.54) is 50.4 Å². The zero-order valence-corrected chi connectivity index (χ0v) is 65.7. The number of hydrogen-bond acceptors (Lipinski definition) is 34. The van der Waals surface area contributed by atoms with Gasteiger partial charge in [-0.3, -0.25) is 38.4 Å². The molecule has 42 nitrogen and oxygen atoms in total. The molecule has 10 unspecified atom stereocenters. The molecule has 4 aromatic rings. The number of aromatic amines is 1. The average molecular weight is 1660 g/mol. The number of anilines is 1. The van der Waals surface area contributed by atoms with Crippen LogP contribution in [-0.2, 0) is 58.9 Å². The number of urea groups is 1. The Kier molecular flexibility index (Phi) is 34.8. The van der Waals surface area contributed by atoms with Gasteiger partial charge in [0.25, 0.3) is 11.8 Å². The Bertz CT molecular complexity index is 3890. The van der Waals surface area contributed by atoms with E-state index in [1.807, 2.05) is 11.8 Å². The molecule has 632 valence electrons. The third kappa shape index (κ3) is 25.1. The molecule has 10 amide bonds. The molecule has 0 bridgehead atoms. The number of fused-ring (bicyclic) bond motifs is 1. The molecule has 22 atom stereocenters. The van der Waals surface area contributed by atoms with E-state index in [-0.39, 0.29) is 84.3 Å². The van der Waals surface area contributed by atoms with Crippen molar-refractivity contribution in [1.29, 1.82) is 0 Å². The Morgan fingerprint density at radius 3 is 2.15 bits per heavy atom. The van der Waals surface area contributed by atoms with Gasteiger partial charge in [0.05, 0.1) is 78.7 Å². The molecule has 4 saturated heterocycles. The van der Waals surface area contributed by atoms with Crippen LogP contribution in [0.25, 0.3) is 10.7 Å². The van der Waals surface area contributed by atoms with Gasteiger partial charge in [0.2, 0.25) is 29.5 Å². The molecule has 0 spiro atoms. The minimum absolute atomic E-state index is 0.0109. The minimum Gasteiger partial charge on any atom is -0.441 e. The molecule has 0 radical (unpaired) electrons. The number of thiazole rings is 2. The smallest absolute Gasteiger partial charge is 0.404 e. The quantitative estimate of drug-likeness (QED) is 0.0145. The van der Waals surface area contributed by atoms with Crippen LogP contribution < -0.4 is 71.2 Å². The number of hydrogen-bond donors (Lipinski definition) is 22. The number of thioether (sulfide) groups is 1. The number of ether oxygens (including phenoxy) is 5. The Morgan fingerprint density at radius 2 is 1.46 bits per heavy atom. The first-order chi connectivity index (χ1) is 54.3. The highest BCUT2D eigenvalue weighted by molar-refractivity contribution is 8.00. The summed E-state index contributed by atoms with van der Waals surface area (Å²) in [5.41, 5.74) is 28.4. The van der Waals surface area contributed by atoms with E-state index < -0.39 is 189 Å². The Hall–Kier alpha value is -8.36. The first kappa shape index (κ1) is 91.2. The predicted molar refractivity (Wildman–Crippen MR) is 406 cm³/mol. The number of imidazole rings is 1. The number of nitrogens with zero attached hydrogens (tertiary/aromatic N) is 5. The van der Waals surface area contributed by atoms with Gasteiger partial charge in [0, 0.05) is 84.5 Å². The lowest BCUT2D eigenvalue weighted by Crippen LogP contribution is -2.65. The fourth-order valence-electron chi connectivity index (χ4n) is 13.3. The van der Waals surface area contributed by atoms with Crippen molar-refractivity contribution in [2.45, 2.75) is 226 Å². The van der Waals surface area contributed by atoms with Crippen molar-refractivity contribution in [3.05, 3.63) is 56.8 Å². The first-order valence-corrected chi connectivity index (χ1v) is 40.2. The SMILES string of the molecule is Cc1c(N)nc([C@@H](CC[C@H](N)C(N)=O)CC(N)=O)nc1C(=O)N[C@H](C(=O)N[C@H](C)[C@@H](O)[C@H](C)C(=O)C[C@H](C(=O)NCCc1nc(-c2nc(C(=O)NCCCNCCCCNC(=O)CCCC[C@@H]3SC[C@@H]4NC(=O)N[C@@H]43)cs2)cs1)[C@@H](C)O)[C@@H](OC1OC(CO)C(O)C(O)C1OC1OC(CO)C(O)C(OC(N)=O)C1O)c1cnc[nH]1. The Labute approximate surface area is 666 Å². The zero-order chi connectivity index (χ0) is 83.2. The Balaban J connectivity index is 0.871. The van der Waals surface area contributed by atoms with Gasteiger partial charge in [-0.25, -0.2) is 34.5 Å². The van der Waals surface area contributed by atoms with Crippen molar-refractivity contribution in [2.24, 2.45) is 34.8 Å². The number of H-pyrrole nitrogens is 1. The number of unbranched alkanes of at least 4 members (excludes halogenated alkanes) is 2. The molecule has 45 heteroatoms. The van der Waals surface area contributed by atoms with E-state index in [2.05, 4.69) is 72.4 Å². The normalized spacial score (nSPS) is 25.0. The summed E-state index contributed by atoms with van der Waals surface area (Å²) in [5.74, 6) is -9.42. The summed E-state index contributed by atoms with van der Waals surface area (Å²) in [4.78, 5) is 156. The largest absolute Gasteiger partial charge is 0.441 e. The lowest BCUT2D eigenvalue weighted by Gasteiger charge is -2.47. The number of carbonyl (C=O) groups is 10. The van der Waals surface area contributed by atoms with Gasteiger partial charge in [-0.1, -0.05) is 13.3 Å². The van der Waals surface area contributed by atoms with E-state index in [0.29, 0.717) is 53.4 Å². The molecule has 0 saturated carbocycles. The topological polar surface area (TPSA) is 685 Å². The van der Waals surface area contributed by atoms with Gasteiger partial charge in [0.15, 0.2) is 18.7 Å². The number of nitrogen functional groups attached to an aromatic ring is 1. The lowest BCUT2D eigenvalue weighted by atomic mass is 9.87. The molecule has 27 N–H and O–H groups in total. The molecule has 4 aromatic heterocycles. The lowest BCUT2D eigenvalue weighted by molar-refractivity contribution is -0.372. The molecule has 114 heavy (non-hydrogen) atoms. The van der Waals surface area contributed by atoms with Crippen molar-refractivity contribution >= 4 is 99.5 Å². The fourth-order valence-corrected chi connectivity index (χ4v) is 16.4. The van der Waals surface area contributed by atoms with Crippen LogP contribution in [0.2, 0.25) is 0 Å². The van der Waals surface area contributed by atoms with Gasteiger partial charge < -0.3 is 141 Å². The van der Waals surface area contributed by atoms with Crippen LogP contribution in [-0.4, -0.2) is 291 Å². The highest BCUT2D eigenvalue weighted by Gasteiger charge is 2.54. The Morgan fingerprint density at radius 1 is 0.746 bits per heavy atom. The number of primary amides is 3. The van der Waals surface area contributed by atoms with Crippen molar-refractivity contribution in [2.75, 3.05) is 57.4 Å². The second-order valence-electron chi connectivity index (χ2n) is 28.4. The van der Waals surface area contributed by atoms with Crippen molar-refractivity contribution < 1.29 is 112 Å². The van der Waals surface area contributed by atoms with Gasteiger partial charge in [-0.15, -0.1) is 22.7 Å². The fraction of sp³-hybridized carbons (Fsp3) is 0.667. The van der Waals surface area contributed by atoms with E-state index in [1.54, 1.807) is 10.8 Å². The molecule has 4 fully saturated rings. The molecule has 8 rings (SSSR count). The number of nitrogens with two attached hydrogens (primary N) is 5. The second-order valence-corrected chi connectivity index (χ2v) is 31.5. The predicted octanol–water partition coefficient (Wildman–Crippen LogP) is -5.05. The maximum absolute atomic E-state index is 15.3. The van der Waals surface area contributed by atoms with Crippen LogP contribution in [0, 0.1) is 18.8 Å². The number of ketones is 1. The highest BCUT2D eigenvalue weighted by atomic mass is 32.2. The number of aliphatic hydroxyl groups is 8. The van der Waals surface area contributed by atoms with E-state index >= 15 is 9.59 Å². The maximum Gasteiger partial charge on any atom is 0.404 e. The van der Waals surface area contributed by atoms with E-state index in [4.69, 9.17) is 52.4 Å². The number of aromatic nitrogens is 6. The van der Waals surface area contributed by atoms with Crippen LogP contribution in [0.15, 0.2) is 23.3 Å².